The molecule has 1 aromatic rings. The normalized spacial score (nSPS) is 33.3. The van der Waals surface area contributed by atoms with Crippen molar-refractivity contribution in [2.75, 3.05) is 20.3 Å². The van der Waals surface area contributed by atoms with E-state index in [0.29, 0.717) is 12.5 Å². The molecular weight excluding hydrogens is 342 g/mol. The molecule has 2 aliphatic heterocycles. The van der Waals surface area contributed by atoms with Crippen molar-refractivity contribution >= 4 is 11.9 Å². The summed E-state index contributed by atoms with van der Waals surface area (Å²) < 4.78 is 10.8. The second kappa shape index (κ2) is 6.33. The van der Waals surface area contributed by atoms with E-state index in [1.165, 1.54) is 11.1 Å². The van der Waals surface area contributed by atoms with Crippen molar-refractivity contribution < 1.29 is 19.1 Å². The number of fused-ring (bicyclic) bond motifs is 2. The fourth-order valence-corrected chi connectivity index (χ4v) is 6.12. The van der Waals surface area contributed by atoms with Crippen LogP contribution in [0.1, 0.15) is 44.7 Å². The first-order valence-corrected chi connectivity index (χ1v) is 10.0. The quantitative estimate of drug-likeness (QED) is 0.602. The van der Waals surface area contributed by atoms with Crippen LogP contribution in [0.4, 0.5) is 0 Å². The highest BCUT2D eigenvalue weighted by molar-refractivity contribution is 6.01. The summed E-state index contributed by atoms with van der Waals surface area (Å²) in [6, 6.07) is 8.77. The number of rotatable bonds is 4. The smallest absolute Gasteiger partial charge is 0.325 e. The zero-order valence-corrected chi connectivity index (χ0v) is 16.7. The van der Waals surface area contributed by atoms with Crippen LogP contribution in [0.5, 0.6) is 0 Å². The zero-order valence-electron chi connectivity index (χ0n) is 16.7. The van der Waals surface area contributed by atoms with Gasteiger partial charge in [0.2, 0.25) is 0 Å². The molecule has 0 N–H and O–H groups in total. The largest absolute Gasteiger partial charge is 0.465 e. The van der Waals surface area contributed by atoms with Crippen LogP contribution in [-0.4, -0.2) is 49.2 Å². The van der Waals surface area contributed by atoms with E-state index >= 15 is 0 Å². The predicted molar refractivity (Wildman–Crippen MR) is 101 cm³/mol. The molecule has 1 saturated carbocycles. The Labute approximate surface area is 161 Å². The number of hydrogen-bond donors (Lipinski definition) is 0. The highest BCUT2D eigenvalue weighted by atomic mass is 16.6. The molecule has 0 aromatic heterocycles. The summed E-state index contributed by atoms with van der Waals surface area (Å²) >= 11 is 0. The third kappa shape index (κ3) is 2.33. The van der Waals surface area contributed by atoms with E-state index in [4.69, 9.17) is 9.47 Å². The number of ether oxygens (including phenoxy) is 2. The van der Waals surface area contributed by atoms with Crippen LogP contribution in [0.3, 0.4) is 0 Å². The summed E-state index contributed by atoms with van der Waals surface area (Å²) in [6.45, 7) is 6.42. The predicted octanol–water partition coefficient (Wildman–Crippen LogP) is 2.71. The van der Waals surface area contributed by atoms with Gasteiger partial charge < -0.3 is 9.47 Å². The van der Waals surface area contributed by atoms with Gasteiger partial charge in [-0.1, -0.05) is 31.2 Å². The van der Waals surface area contributed by atoms with E-state index in [2.05, 4.69) is 43.1 Å². The molecule has 4 bridgehead atoms. The lowest BCUT2D eigenvalue weighted by atomic mass is 9.46. The molecule has 3 fully saturated rings. The van der Waals surface area contributed by atoms with Gasteiger partial charge in [0.15, 0.2) is 5.41 Å². The van der Waals surface area contributed by atoms with Gasteiger partial charge in [-0.3, -0.25) is 14.5 Å². The lowest BCUT2D eigenvalue weighted by Crippen LogP contribution is -2.74. The topological polar surface area (TPSA) is 55.8 Å². The van der Waals surface area contributed by atoms with E-state index in [1.807, 2.05) is 0 Å². The standard InChI is InChI=1S/C22H29NO4/c1-5-26-19(24)22(20(25)27-6-2)12-16-17-11-14-9-7-8-10-15(14)21(16,3)13-18(22)23(17)4/h7-10,16-18H,5-6,11-13H2,1-4H3/t16?,17?,18?,21-/m0/s1. The third-order valence-corrected chi connectivity index (χ3v) is 7.37. The van der Waals surface area contributed by atoms with Crippen LogP contribution in [0.25, 0.3) is 0 Å². The van der Waals surface area contributed by atoms with Crippen LogP contribution in [0, 0.1) is 11.3 Å². The summed E-state index contributed by atoms with van der Waals surface area (Å²) in [6.07, 6.45) is 2.24. The number of nitrogens with zero attached hydrogens (tertiary/aromatic N) is 1. The van der Waals surface area contributed by atoms with Crippen molar-refractivity contribution in [2.45, 2.75) is 57.5 Å². The molecule has 4 aliphatic rings. The van der Waals surface area contributed by atoms with Crippen molar-refractivity contribution in [2.24, 2.45) is 11.3 Å². The Morgan fingerprint density at radius 1 is 1.11 bits per heavy atom. The Morgan fingerprint density at radius 2 is 1.74 bits per heavy atom. The van der Waals surface area contributed by atoms with Crippen LogP contribution >= 0.6 is 0 Å². The first-order valence-electron chi connectivity index (χ1n) is 10.0. The minimum absolute atomic E-state index is 0.0286. The molecule has 5 nitrogen and oxygen atoms in total. The fraction of sp³-hybridized carbons (Fsp3) is 0.636. The molecule has 2 saturated heterocycles. The Balaban J connectivity index is 1.82. The minimum Gasteiger partial charge on any atom is -0.465 e. The van der Waals surface area contributed by atoms with Gasteiger partial charge in [-0.25, -0.2) is 0 Å². The minimum atomic E-state index is -1.21. The summed E-state index contributed by atoms with van der Waals surface area (Å²) in [5.41, 5.74) is 1.53. The molecule has 0 spiro atoms. The second-order valence-corrected chi connectivity index (χ2v) is 8.45. The number of hydrogen-bond acceptors (Lipinski definition) is 5. The van der Waals surface area contributed by atoms with Gasteiger partial charge >= 0.3 is 11.9 Å². The van der Waals surface area contributed by atoms with E-state index in [1.54, 1.807) is 13.8 Å². The van der Waals surface area contributed by atoms with E-state index in [0.717, 1.165) is 12.8 Å². The monoisotopic (exact) mass is 371 g/mol. The number of likely N-dealkylation sites (N-methyl/N-ethyl adjacent to an activating group) is 1. The first kappa shape index (κ1) is 18.5. The van der Waals surface area contributed by atoms with Gasteiger partial charge in [-0.15, -0.1) is 0 Å². The molecule has 146 valence electrons. The molecule has 5 heteroatoms. The highest BCUT2D eigenvalue weighted by Crippen LogP contribution is 2.61. The van der Waals surface area contributed by atoms with Crippen molar-refractivity contribution in [3.05, 3.63) is 35.4 Å². The lowest BCUT2D eigenvalue weighted by Gasteiger charge is -2.66. The molecule has 4 atom stereocenters. The third-order valence-electron chi connectivity index (χ3n) is 7.37. The van der Waals surface area contributed by atoms with Crippen LogP contribution in [0.15, 0.2) is 24.3 Å². The Bertz CT molecular complexity index is 757. The van der Waals surface area contributed by atoms with Crippen LogP contribution in [-0.2, 0) is 30.9 Å². The summed E-state index contributed by atoms with van der Waals surface area (Å²) in [7, 11) is 2.06. The summed E-state index contributed by atoms with van der Waals surface area (Å²) in [5.74, 6) is -0.615. The molecule has 5 rings (SSSR count). The van der Waals surface area contributed by atoms with Crippen molar-refractivity contribution in [1.29, 1.82) is 0 Å². The van der Waals surface area contributed by atoms with Crippen molar-refractivity contribution in [3.8, 4) is 0 Å². The van der Waals surface area contributed by atoms with Crippen LogP contribution in [0.2, 0.25) is 0 Å². The van der Waals surface area contributed by atoms with Gasteiger partial charge in [0.05, 0.1) is 13.2 Å². The van der Waals surface area contributed by atoms with Gasteiger partial charge in [-0.05, 0) is 62.6 Å². The molecule has 0 radical (unpaired) electrons. The van der Waals surface area contributed by atoms with Gasteiger partial charge in [-0.2, -0.15) is 0 Å². The number of benzene rings is 1. The highest BCUT2D eigenvalue weighted by Gasteiger charge is 2.70. The average Bonchev–Trinajstić information content (AvgIpc) is 2.65. The van der Waals surface area contributed by atoms with E-state index in [9.17, 15) is 9.59 Å². The van der Waals surface area contributed by atoms with Gasteiger partial charge in [0.25, 0.3) is 0 Å². The lowest BCUT2D eigenvalue weighted by molar-refractivity contribution is -0.201. The number of carbonyl (C=O) groups is 2. The fourth-order valence-electron chi connectivity index (χ4n) is 6.12. The molecule has 2 aliphatic carbocycles. The maximum Gasteiger partial charge on any atom is 0.325 e. The Kier molecular flexibility index (Phi) is 4.34. The van der Waals surface area contributed by atoms with Gasteiger partial charge in [0.1, 0.15) is 0 Å². The average molecular weight is 371 g/mol. The van der Waals surface area contributed by atoms with E-state index < -0.39 is 17.4 Å². The molecule has 1 aromatic carbocycles. The molecule has 0 amide bonds. The second-order valence-electron chi connectivity index (χ2n) is 8.45. The van der Waals surface area contributed by atoms with Crippen molar-refractivity contribution in [3.63, 3.8) is 0 Å². The summed E-state index contributed by atoms with van der Waals surface area (Å²) in [4.78, 5) is 28.4. The van der Waals surface area contributed by atoms with Crippen LogP contribution < -0.4 is 0 Å². The Morgan fingerprint density at radius 3 is 2.37 bits per heavy atom. The maximum absolute atomic E-state index is 13.1. The zero-order chi connectivity index (χ0) is 19.4. The number of piperidine rings is 2. The number of carbonyl (C=O) groups excluding carboxylic acids is 2. The SMILES string of the molecule is CCOC(=O)C1(C(=O)OCC)CC2C3Cc4ccccc4[C@]2(C)CC1N3C. The van der Waals surface area contributed by atoms with Gasteiger partial charge in [0, 0.05) is 12.1 Å². The number of esters is 2. The molecular formula is C22H29NO4. The maximum atomic E-state index is 13.1. The molecule has 2 heterocycles. The molecule has 27 heavy (non-hydrogen) atoms. The first-order chi connectivity index (χ1) is 12.9. The van der Waals surface area contributed by atoms with Crippen molar-refractivity contribution in [1.82, 2.24) is 4.90 Å². The Hall–Kier alpha value is -1.88. The molecule has 3 unspecified atom stereocenters. The van der Waals surface area contributed by atoms with E-state index in [-0.39, 0.29) is 30.6 Å². The summed E-state index contributed by atoms with van der Waals surface area (Å²) in [5, 5.41) is 0.